The molecule has 6 aromatic rings. The van der Waals surface area contributed by atoms with Crippen LogP contribution in [0.3, 0.4) is 0 Å². The van der Waals surface area contributed by atoms with Gasteiger partial charge in [-0.25, -0.2) is 4.39 Å². The first-order chi connectivity index (χ1) is 34.9. The van der Waals surface area contributed by atoms with Gasteiger partial charge >= 0.3 is 0 Å². The molecule has 1 heterocycles. The third-order valence-corrected chi connectivity index (χ3v) is 21.8. The molecule has 0 bridgehead atoms. The van der Waals surface area contributed by atoms with Crippen LogP contribution in [0.15, 0.2) is 133 Å². The van der Waals surface area contributed by atoms with Crippen LogP contribution in [0.5, 0.6) is 5.75 Å². The zero-order chi connectivity index (χ0) is 50.5. The van der Waals surface area contributed by atoms with Crippen molar-refractivity contribution in [1.82, 2.24) is 4.90 Å². The standard InChI is InChI=1S/C67H84FN2OSi/c1-9-11-13-15-17-27-41-67(42-28-18-16-14-12-10-2)61-45-51(49(3)4)37-39-56(61)57-40-38-52(46-62(57)67)60-47-53(68)48-63(65(60)71-70(6,7)8)72(54-31-21-19-22-32-54,55-33-23-20-24-34-55)66-50(5)64(69-43-29-30-44-69)58-35-25-26-36-59(58)66/h19-26,31-40,45-50H,9-18,27-30,41-44H2,1-8H3/q+1/t50-/m1/s1. The molecule has 5 heteroatoms. The van der Waals surface area contributed by atoms with Gasteiger partial charge in [0.15, 0.2) is 13.8 Å². The predicted octanol–water partition coefficient (Wildman–Crippen LogP) is 14.1. The zero-order valence-corrected chi connectivity index (χ0v) is 46.3. The van der Waals surface area contributed by atoms with Crippen LogP contribution in [-0.4, -0.2) is 51.9 Å². The Morgan fingerprint density at radius 2 is 1.14 bits per heavy atom. The number of halogens is 1. The van der Waals surface area contributed by atoms with Gasteiger partial charge in [-0.15, -0.1) is 4.65 Å². The van der Waals surface area contributed by atoms with Gasteiger partial charge in [-0.1, -0.05) is 232 Å². The number of hydroxylamine groups is 3. The number of benzene rings is 6. The Morgan fingerprint density at radius 3 is 1.71 bits per heavy atom. The summed E-state index contributed by atoms with van der Waals surface area (Å²) in [5.74, 6) is 1.09. The van der Waals surface area contributed by atoms with E-state index in [0.717, 1.165) is 48.0 Å². The topological polar surface area (TPSA) is 12.5 Å². The summed E-state index contributed by atoms with van der Waals surface area (Å²) in [7, 11) is 2.88. The van der Waals surface area contributed by atoms with Crippen molar-refractivity contribution in [3.63, 3.8) is 0 Å². The lowest BCUT2D eigenvalue weighted by molar-refractivity contribution is -1.03. The second-order valence-corrected chi connectivity index (χ2v) is 26.6. The van der Waals surface area contributed by atoms with Crippen molar-refractivity contribution in [3.05, 3.63) is 166 Å². The molecular weight excluding hydrogens is 896 g/mol. The first-order valence-electron chi connectivity index (χ1n) is 28.3. The van der Waals surface area contributed by atoms with E-state index in [0.29, 0.717) is 5.92 Å². The smallest absolute Gasteiger partial charge is 0.198 e. The van der Waals surface area contributed by atoms with Crippen LogP contribution >= 0.6 is 0 Å². The number of hydrogen-bond donors (Lipinski definition) is 0. The molecule has 0 spiro atoms. The number of hydrogen-bond acceptors (Lipinski definition) is 2. The molecule has 0 saturated carbocycles. The number of unbranched alkanes of at least 4 members (excludes halogenated alkanes) is 10. The molecule has 0 aromatic heterocycles. The van der Waals surface area contributed by atoms with Crippen LogP contribution in [0.25, 0.3) is 33.1 Å². The highest BCUT2D eigenvalue weighted by Crippen LogP contribution is 2.56. The maximum atomic E-state index is 17.8. The number of likely N-dealkylation sites (tertiary alicyclic amines) is 1. The van der Waals surface area contributed by atoms with Gasteiger partial charge in [-0.3, -0.25) is 0 Å². The van der Waals surface area contributed by atoms with Gasteiger partial charge in [0.25, 0.3) is 0 Å². The van der Waals surface area contributed by atoms with E-state index < -0.39 is 8.07 Å². The van der Waals surface area contributed by atoms with Gasteiger partial charge < -0.3 is 9.74 Å². The molecule has 2 aliphatic carbocycles. The monoisotopic (exact) mass is 980 g/mol. The quantitative estimate of drug-likeness (QED) is 0.0209. The normalized spacial score (nSPS) is 16.1. The summed E-state index contributed by atoms with van der Waals surface area (Å²) < 4.78 is 18.0. The minimum absolute atomic E-state index is 0.0927. The van der Waals surface area contributed by atoms with E-state index in [-0.39, 0.29) is 21.8 Å². The van der Waals surface area contributed by atoms with Gasteiger partial charge in [0, 0.05) is 46.1 Å². The lowest BCUT2D eigenvalue weighted by Gasteiger charge is -2.40. The summed E-state index contributed by atoms with van der Waals surface area (Å²) in [5.41, 5.74) is 10.2. The molecule has 3 aliphatic rings. The molecule has 1 saturated heterocycles. The summed E-state index contributed by atoms with van der Waals surface area (Å²) in [4.78, 5) is 10.2. The van der Waals surface area contributed by atoms with Crippen LogP contribution in [0.4, 0.5) is 4.39 Å². The second-order valence-electron chi connectivity index (χ2n) is 22.9. The van der Waals surface area contributed by atoms with Crippen LogP contribution < -0.4 is 30.8 Å². The minimum Gasteiger partial charge on any atom is -0.374 e. The third kappa shape index (κ3) is 10.1. The van der Waals surface area contributed by atoms with E-state index in [2.05, 4.69) is 182 Å². The van der Waals surface area contributed by atoms with Gasteiger partial charge in [-0.2, -0.15) is 0 Å². The summed E-state index contributed by atoms with van der Waals surface area (Å²) in [6, 6.07) is 49.7. The highest BCUT2D eigenvalue weighted by atomic mass is 28.3. The molecule has 0 unspecified atom stereocenters. The second kappa shape index (κ2) is 22.5. The van der Waals surface area contributed by atoms with E-state index in [1.165, 1.54) is 149 Å². The van der Waals surface area contributed by atoms with E-state index in [4.69, 9.17) is 4.84 Å². The lowest BCUT2D eigenvalue weighted by Crippen LogP contribution is -2.70. The number of nitrogens with zero attached hydrogens (tertiary/aromatic N) is 2. The van der Waals surface area contributed by atoms with Crippen molar-refractivity contribution in [3.8, 4) is 28.0 Å². The first kappa shape index (κ1) is 51.7. The van der Waals surface area contributed by atoms with Crippen LogP contribution in [-0.2, 0) is 5.41 Å². The predicted molar refractivity (Wildman–Crippen MR) is 307 cm³/mol. The van der Waals surface area contributed by atoms with Crippen molar-refractivity contribution in [1.29, 1.82) is 0 Å². The van der Waals surface area contributed by atoms with Crippen molar-refractivity contribution < 1.29 is 13.9 Å². The van der Waals surface area contributed by atoms with E-state index >= 15 is 4.39 Å². The summed E-state index contributed by atoms with van der Waals surface area (Å²) in [6.45, 7) is 13.9. The number of fused-ring (bicyclic) bond motifs is 4. The molecule has 0 radical (unpaired) electrons. The van der Waals surface area contributed by atoms with Crippen LogP contribution in [0.1, 0.15) is 160 Å². The maximum absolute atomic E-state index is 17.8. The fourth-order valence-corrected chi connectivity index (χ4v) is 18.9. The fraction of sp³-hybridized carbons (Fsp3) is 0.433. The van der Waals surface area contributed by atoms with E-state index in [1.807, 2.05) is 6.07 Å². The largest absolute Gasteiger partial charge is 0.374 e. The first-order valence-corrected chi connectivity index (χ1v) is 30.3. The fourth-order valence-electron chi connectivity index (χ4n) is 13.4. The highest BCUT2D eigenvalue weighted by Gasteiger charge is 2.51. The average molecular weight is 981 g/mol. The molecule has 9 rings (SSSR count). The molecule has 6 aromatic carbocycles. The zero-order valence-electron chi connectivity index (χ0n) is 45.3. The Labute approximate surface area is 434 Å². The maximum Gasteiger partial charge on any atom is 0.198 e. The highest BCUT2D eigenvalue weighted by molar-refractivity contribution is 7.22. The summed E-state index contributed by atoms with van der Waals surface area (Å²) in [6.07, 6.45) is 19.9. The molecule has 1 aliphatic heterocycles. The molecule has 378 valence electrons. The van der Waals surface area contributed by atoms with Crippen LogP contribution in [0.2, 0.25) is 0 Å². The summed E-state index contributed by atoms with van der Waals surface area (Å²) in [5, 5.41) is 7.46. The van der Waals surface area contributed by atoms with Crippen LogP contribution in [0, 0.1) is 11.7 Å². The lowest BCUT2D eigenvalue weighted by atomic mass is 9.70. The Kier molecular flexibility index (Phi) is 16.1. The molecule has 1 atom stereocenters. The minimum atomic E-state index is -3.42. The third-order valence-electron chi connectivity index (χ3n) is 16.7. The Morgan fingerprint density at radius 1 is 0.611 bits per heavy atom. The van der Waals surface area contributed by atoms with Gasteiger partial charge in [0.05, 0.1) is 0 Å². The molecule has 0 amide bonds. The van der Waals surface area contributed by atoms with Crippen molar-refractivity contribution in [2.45, 2.75) is 149 Å². The van der Waals surface area contributed by atoms with Crippen molar-refractivity contribution in [2.24, 2.45) is 5.92 Å². The van der Waals surface area contributed by atoms with Crippen molar-refractivity contribution in [2.75, 3.05) is 34.2 Å². The Bertz CT molecular complexity index is 2870. The number of rotatable bonds is 23. The molecule has 1 fully saturated rings. The molecular formula is C67H84FN2OSi+. The van der Waals surface area contributed by atoms with E-state index in [9.17, 15) is 0 Å². The molecule has 0 N–H and O–H groups in total. The number of quaternary nitrogens is 1. The molecule has 72 heavy (non-hydrogen) atoms. The summed E-state index contributed by atoms with van der Waals surface area (Å²) >= 11 is 0. The van der Waals surface area contributed by atoms with Gasteiger partial charge in [0.1, 0.15) is 27.0 Å². The van der Waals surface area contributed by atoms with Gasteiger partial charge in [-0.05, 0) is 98.8 Å². The van der Waals surface area contributed by atoms with E-state index in [1.54, 1.807) is 6.07 Å². The van der Waals surface area contributed by atoms with Crippen molar-refractivity contribution >= 4 is 34.5 Å². The average Bonchev–Trinajstić information content (AvgIpc) is 4.09. The SMILES string of the molecule is CCCCCCCCC1(CCCCCCCC)c2cc(-c3cc(F)cc([Si](C4=c5ccccc5=C(N5CCCC5)[C@H]4C)(c4ccccc4)c4ccccc4)c3O[N+](C)(C)C)ccc2-c2ccc(C(C)C)cc21. The van der Waals surface area contributed by atoms with Gasteiger partial charge in [0.2, 0.25) is 0 Å². The molecule has 3 nitrogen and oxygen atoms in total. The Balaban J connectivity index is 1.32. The Hall–Kier alpha value is -5.23.